The molecular formula is C21H12ClF3N2O2. The zero-order chi connectivity index (χ0) is 21.0. The molecule has 0 saturated heterocycles. The van der Waals surface area contributed by atoms with Gasteiger partial charge in [0.25, 0.3) is 5.91 Å². The number of hydrogen-bond donors (Lipinski definition) is 1. The van der Waals surface area contributed by atoms with Crippen LogP contribution in [0.1, 0.15) is 11.3 Å². The van der Waals surface area contributed by atoms with Crippen LogP contribution in [-0.4, -0.2) is 5.91 Å². The summed E-state index contributed by atoms with van der Waals surface area (Å²) in [4.78, 5) is 12.3. The second kappa shape index (κ2) is 8.25. The largest absolute Gasteiger partial charge is 0.457 e. The Bertz CT molecular complexity index is 1130. The summed E-state index contributed by atoms with van der Waals surface area (Å²) in [5.41, 5.74) is -0.599. The van der Waals surface area contributed by atoms with Gasteiger partial charge >= 0.3 is 6.18 Å². The summed E-state index contributed by atoms with van der Waals surface area (Å²) in [5, 5.41) is 12.1. The van der Waals surface area contributed by atoms with Gasteiger partial charge in [-0.2, -0.15) is 18.4 Å². The molecule has 146 valence electrons. The number of amides is 1. The number of carbonyl (C=O) groups is 1. The Morgan fingerprint density at radius 2 is 1.86 bits per heavy atom. The smallest absolute Gasteiger partial charge is 0.416 e. The molecule has 4 nitrogen and oxygen atoms in total. The Morgan fingerprint density at radius 3 is 2.55 bits per heavy atom. The van der Waals surface area contributed by atoms with Crippen molar-refractivity contribution >= 4 is 29.3 Å². The van der Waals surface area contributed by atoms with Crippen LogP contribution in [0.4, 0.5) is 18.9 Å². The second-order valence-corrected chi connectivity index (χ2v) is 6.35. The second-order valence-electron chi connectivity index (χ2n) is 5.91. The monoisotopic (exact) mass is 416 g/mol. The Hall–Kier alpha value is -3.50. The molecule has 1 aromatic heterocycles. The first-order chi connectivity index (χ1) is 13.8. The molecule has 29 heavy (non-hydrogen) atoms. The van der Waals surface area contributed by atoms with E-state index in [9.17, 15) is 23.2 Å². The van der Waals surface area contributed by atoms with E-state index in [-0.39, 0.29) is 17.0 Å². The van der Waals surface area contributed by atoms with Crippen molar-refractivity contribution in [3.8, 4) is 17.4 Å². The number of anilines is 1. The van der Waals surface area contributed by atoms with E-state index < -0.39 is 17.6 Å². The fourth-order valence-electron chi connectivity index (χ4n) is 2.49. The molecule has 1 N–H and O–H groups in total. The number of halogens is 4. The normalized spacial score (nSPS) is 11.8. The van der Waals surface area contributed by atoms with Gasteiger partial charge in [0, 0.05) is 22.3 Å². The van der Waals surface area contributed by atoms with Crippen LogP contribution in [0.15, 0.2) is 70.7 Å². The lowest BCUT2D eigenvalue weighted by Gasteiger charge is -2.09. The van der Waals surface area contributed by atoms with E-state index in [4.69, 9.17) is 16.0 Å². The number of nitriles is 1. The van der Waals surface area contributed by atoms with E-state index >= 15 is 0 Å². The standard InChI is InChI=1S/C21H12ClF3N2O2/c22-16-5-1-3-13(9-16)19-8-7-18(29-19)10-14(12-26)20(28)27-17-6-2-4-15(11-17)21(23,24)25/h1-11H,(H,27,28). The minimum atomic E-state index is -4.54. The van der Waals surface area contributed by atoms with Crippen LogP contribution < -0.4 is 5.32 Å². The van der Waals surface area contributed by atoms with Crippen LogP contribution in [0.25, 0.3) is 17.4 Å². The number of furan rings is 1. The summed E-state index contributed by atoms with van der Waals surface area (Å²) in [6.07, 6.45) is -3.34. The molecule has 0 aliphatic carbocycles. The topological polar surface area (TPSA) is 66.0 Å². The van der Waals surface area contributed by atoms with Gasteiger partial charge in [-0.05, 0) is 42.5 Å². The molecule has 0 saturated carbocycles. The van der Waals surface area contributed by atoms with Crippen molar-refractivity contribution in [2.24, 2.45) is 0 Å². The number of alkyl halides is 3. The zero-order valence-corrected chi connectivity index (χ0v) is 15.4. The Morgan fingerprint density at radius 1 is 1.10 bits per heavy atom. The van der Waals surface area contributed by atoms with Gasteiger partial charge in [0.15, 0.2) is 0 Å². The molecule has 1 heterocycles. The quantitative estimate of drug-likeness (QED) is 0.409. The maximum absolute atomic E-state index is 12.8. The van der Waals surface area contributed by atoms with Gasteiger partial charge in [0.05, 0.1) is 5.56 Å². The van der Waals surface area contributed by atoms with Crippen LogP contribution in [-0.2, 0) is 11.0 Å². The molecule has 0 fully saturated rings. The highest BCUT2D eigenvalue weighted by Crippen LogP contribution is 2.31. The van der Waals surface area contributed by atoms with E-state index in [2.05, 4.69) is 5.32 Å². The predicted molar refractivity (Wildman–Crippen MR) is 103 cm³/mol. The fraction of sp³-hybridized carbons (Fsp3) is 0.0476. The van der Waals surface area contributed by atoms with Crippen molar-refractivity contribution in [1.82, 2.24) is 0 Å². The molecule has 0 spiro atoms. The Balaban J connectivity index is 1.80. The van der Waals surface area contributed by atoms with E-state index in [1.807, 2.05) is 0 Å². The molecule has 0 atom stereocenters. The van der Waals surface area contributed by atoms with E-state index in [0.29, 0.717) is 16.3 Å². The first-order valence-corrected chi connectivity index (χ1v) is 8.60. The summed E-state index contributed by atoms with van der Waals surface area (Å²) in [6, 6.07) is 16.0. The number of nitrogens with zero attached hydrogens (tertiary/aromatic N) is 1. The third-order valence-corrected chi connectivity index (χ3v) is 4.07. The number of nitrogens with one attached hydrogen (secondary N) is 1. The molecular weight excluding hydrogens is 405 g/mol. The van der Waals surface area contributed by atoms with Crippen molar-refractivity contribution < 1.29 is 22.4 Å². The highest BCUT2D eigenvalue weighted by atomic mass is 35.5. The van der Waals surface area contributed by atoms with Crippen LogP contribution in [0.3, 0.4) is 0 Å². The number of hydrogen-bond acceptors (Lipinski definition) is 3. The summed E-state index contributed by atoms with van der Waals surface area (Å²) >= 11 is 5.95. The first-order valence-electron chi connectivity index (χ1n) is 8.22. The lowest BCUT2D eigenvalue weighted by atomic mass is 10.1. The predicted octanol–water partition coefficient (Wildman–Crippen LogP) is 6.16. The summed E-state index contributed by atoms with van der Waals surface area (Å²) in [5.74, 6) is -0.141. The lowest BCUT2D eigenvalue weighted by molar-refractivity contribution is -0.137. The van der Waals surface area contributed by atoms with Crippen LogP contribution in [0, 0.1) is 11.3 Å². The van der Waals surface area contributed by atoms with Crippen molar-refractivity contribution in [1.29, 1.82) is 5.26 Å². The Labute approximate surface area is 168 Å². The van der Waals surface area contributed by atoms with Crippen molar-refractivity contribution in [2.45, 2.75) is 6.18 Å². The zero-order valence-electron chi connectivity index (χ0n) is 14.6. The summed E-state index contributed by atoms with van der Waals surface area (Å²) < 4.78 is 44.0. The van der Waals surface area contributed by atoms with Gasteiger partial charge in [-0.1, -0.05) is 29.8 Å². The van der Waals surface area contributed by atoms with Gasteiger partial charge < -0.3 is 9.73 Å². The third-order valence-electron chi connectivity index (χ3n) is 3.84. The van der Waals surface area contributed by atoms with Gasteiger partial charge in [-0.3, -0.25) is 4.79 Å². The molecule has 3 rings (SSSR count). The number of carbonyl (C=O) groups excluding carboxylic acids is 1. The van der Waals surface area contributed by atoms with Crippen molar-refractivity contribution in [3.63, 3.8) is 0 Å². The van der Waals surface area contributed by atoms with E-state index in [1.54, 1.807) is 42.5 Å². The number of benzene rings is 2. The fourth-order valence-corrected chi connectivity index (χ4v) is 2.68. The molecule has 3 aromatic rings. The maximum Gasteiger partial charge on any atom is 0.416 e. The molecule has 1 amide bonds. The van der Waals surface area contributed by atoms with Crippen LogP contribution >= 0.6 is 11.6 Å². The number of rotatable bonds is 4. The highest BCUT2D eigenvalue weighted by molar-refractivity contribution is 6.30. The summed E-state index contributed by atoms with van der Waals surface area (Å²) in [6.45, 7) is 0. The minimum Gasteiger partial charge on any atom is -0.457 e. The maximum atomic E-state index is 12.8. The SMILES string of the molecule is N#CC(=Cc1ccc(-c2cccc(Cl)c2)o1)C(=O)Nc1cccc(C(F)(F)F)c1. The molecule has 0 bridgehead atoms. The van der Waals surface area contributed by atoms with E-state index in [1.165, 1.54) is 12.1 Å². The molecule has 0 unspecified atom stereocenters. The highest BCUT2D eigenvalue weighted by Gasteiger charge is 2.30. The lowest BCUT2D eigenvalue weighted by Crippen LogP contribution is -2.14. The van der Waals surface area contributed by atoms with Crippen LogP contribution in [0.5, 0.6) is 0 Å². The van der Waals surface area contributed by atoms with Gasteiger partial charge in [0.1, 0.15) is 23.2 Å². The van der Waals surface area contributed by atoms with Crippen molar-refractivity contribution in [2.75, 3.05) is 5.32 Å². The van der Waals surface area contributed by atoms with Gasteiger partial charge in [-0.25, -0.2) is 0 Å². The Kier molecular flexibility index (Phi) is 5.76. The molecule has 0 aliphatic rings. The van der Waals surface area contributed by atoms with Crippen molar-refractivity contribution in [3.05, 3.63) is 82.6 Å². The summed E-state index contributed by atoms with van der Waals surface area (Å²) in [7, 11) is 0. The molecule has 0 aliphatic heterocycles. The average Bonchev–Trinajstić information content (AvgIpc) is 3.14. The van der Waals surface area contributed by atoms with Gasteiger partial charge in [0.2, 0.25) is 0 Å². The average molecular weight is 417 g/mol. The van der Waals surface area contributed by atoms with Gasteiger partial charge in [-0.15, -0.1) is 0 Å². The van der Waals surface area contributed by atoms with E-state index in [0.717, 1.165) is 18.2 Å². The third kappa shape index (κ3) is 5.06. The van der Waals surface area contributed by atoms with Crippen LogP contribution in [0.2, 0.25) is 5.02 Å². The molecule has 2 aromatic carbocycles. The first kappa shape index (κ1) is 20.2. The molecule has 8 heteroatoms. The minimum absolute atomic E-state index is 0.0787. The molecule has 0 radical (unpaired) electrons.